The van der Waals surface area contributed by atoms with E-state index in [4.69, 9.17) is 0 Å². The van der Waals surface area contributed by atoms with Crippen LogP contribution in [0.5, 0.6) is 0 Å². The SMILES string of the molecule is c1ccc(-c2ccc(-c3cccc4cccc(N(c5cccc(-c6ccccc6)c5)c5cccc(-c6ccc7c(c6)sc6ccccc67)c5)c34)cc2)cc1. The summed E-state index contributed by atoms with van der Waals surface area (Å²) in [6, 6.07) is 77.2. The summed E-state index contributed by atoms with van der Waals surface area (Å²) in [4.78, 5) is 2.44. The quantitative estimate of drug-likeness (QED) is 0.160. The van der Waals surface area contributed by atoms with Crippen molar-refractivity contribution in [2.24, 2.45) is 0 Å². The zero-order chi connectivity index (χ0) is 35.8. The van der Waals surface area contributed by atoms with E-state index in [9.17, 15) is 0 Å². The highest BCUT2D eigenvalue weighted by Crippen LogP contribution is 2.45. The smallest absolute Gasteiger partial charge is 0.0546 e. The van der Waals surface area contributed by atoms with Crippen molar-refractivity contribution < 1.29 is 0 Å². The van der Waals surface area contributed by atoms with Gasteiger partial charge < -0.3 is 4.90 Å². The number of anilines is 3. The Balaban J connectivity index is 1.15. The van der Waals surface area contributed by atoms with Gasteiger partial charge in [0.2, 0.25) is 0 Å². The Morgan fingerprint density at radius 3 is 1.54 bits per heavy atom. The summed E-state index contributed by atoms with van der Waals surface area (Å²) >= 11 is 1.86. The van der Waals surface area contributed by atoms with Crippen LogP contribution in [0.25, 0.3) is 75.5 Å². The molecule has 0 N–H and O–H groups in total. The average molecular weight is 706 g/mol. The third-order valence-corrected chi connectivity index (χ3v) is 11.6. The van der Waals surface area contributed by atoms with Gasteiger partial charge in [0, 0.05) is 36.9 Å². The van der Waals surface area contributed by atoms with E-state index in [0.29, 0.717) is 0 Å². The first kappa shape index (κ1) is 32.0. The number of benzene rings is 9. The van der Waals surface area contributed by atoms with Gasteiger partial charge in [-0.3, -0.25) is 0 Å². The molecule has 0 atom stereocenters. The van der Waals surface area contributed by atoms with Gasteiger partial charge in [-0.05, 0) is 92.4 Å². The Morgan fingerprint density at radius 1 is 0.315 bits per heavy atom. The lowest BCUT2D eigenvalue weighted by atomic mass is 9.94. The van der Waals surface area contributed by atoms with Crippen molar-refractivity contribution >= 4 is 59.3 Å². The summed E-state index contributed by atoms with van der Waals surface area (Å²) in [5.74, 6) is 0. The molecule has 54 heavy (non-hydrogen) atoms. The maximum atomic E-state index is 2.44. The summed E-state index contributed by atoms with van der Waals surface area (Å²) in [7, 11) is 0. The van der Waals surface area contributed by atoms with Crippen LogP contribution in [0.2, 0.25) is 0 Å². The van der Waals surface area contributed by atoms with Crippen LogP contribution in [0.3, 0.4) is 0 Å². The predicted octanol–water partition coefficient (Wildman–Crippen LogP) is 15.3. The molecule has 0 unspecified atom stereocenters. The summed E-state index contributed by atoms with van der Waals surface area (Å²) in [6.07, 6.45) is 0. The Kier molecular flexibility index (Phi) is 8.09. The predicted molar refractivity (Wildman–Crippen MR) is 233 cm³/mol. The normalized spacial score (nSPS) is 11.3. The molecule has 1 aromatic heterocycles. The van der Waals surface area contributed by atoms with Gasteiger partial charge in [-0.15, -0.1) is 11.3 Å². The molecule has 10 rings (SSSR count). The first-order chi connectivity index (χ1) is 26.8. The lowest BCUT2D eigenvalue weighted by molar-refractivity contribution is 1.30. The van der Waals surface area contributed by atoms with Gasteiger partial charge in [-0.2, -0.15) is 0 Å². The molecule has 0 saturated heterocycles. The van der Waals surface area contributed by atoms with E-state index in [0.717, 1.165) is 17.1 Å². The molecular weight excluding hydrogens is 671 g/mol. The van der Waals surface area contributed by atoms with Crippen LogP contribution in [0.1, 0.15) is 0 Å². The van der Waals surface area contributed by atoms with Gasteiger partial charge in [-0.1, -0.05) is 170 Å². The number of hydrogen-bond donors (Lipinski definition) is 0. The zero-order valence-corrected chi connectivity index (χ0v) is 30.4. The minimum Gasteiger partial charge on any atom is -0.310 e. The van der Waals surface area contributed by atoms with Gasteiger partial charge in [-0.25, -0.2) is 0 Å². The maximum absolute atomic E-state index is 2.44. The van der Waals surface area contributed by atoms with Gasteiger partial charge in [0.05, 0.1) is 5.69 Å². The molecule has 0 amide bonds. The molecule has 0 saturated carbocycles. The molecule has 9 aromatic carbocycles. The fourth-order valence-electron chi connectivity index (χ4n) is 7.83. The van der Waals surface area contributed by atoms with E-state index in [1.165, 1.54) is 75.5 Å². The Morgan fingerprint density at radius 2 is 0.815 bits per heavy atom. The molecule has 1 nitrogen and oxygen atoms in total. The van der Waals surface area contributed by atoms with Crippen LogP contribution in [-0.2, 0) is 0 Å². The summed E-state index contributed by atoms with van der Waals surface area (Å²) in [5, 5.41) is 5.06. The monoisotopic (exact) mass is 705 g/mol. The lowest BCUT2D eigenvalue weighted by Crippen LogP contribution is -2.11. The van der Waals surface area contributed by atoms with Gasteiger partial charge in [0.1, 0.15) is 0 Å². The molecule has 10 aromatic rings. The van der Waals surface area contributed by atoms with E-state index in [1.807, 2.05) is 11.3 Å². The molecule has 0 radical (unpaired) electrons. The minimum atomic E-state index is 1.11. The molecule has 0 aliphatic carbocycles. The third-order valence-electron chi connectivity index (χ3n) is 10.5. The van der Waals surface area contributed by atoms with Crippen molar-refractivity contribution in [2.45, 2.75) is 0 Å². The number of fused-ring (bicyclic) bond motifs is 4. The first-order valence-electron chi connectivity index (χ1n) is 18.4. The topological polar surface area (TPSA) is 3.24 Å². The van der Waals surface area contributed by atoms with Crippen molar-refractivity contribution in [1.82, 2.24) is 0 Å². The van der Waals surface area contributed by atoms with Crippen molar-refractivity contribution in [3.63, 3.8) is 0 Å². The van der Waals surface area contributed by atoms with Gasteiger partial charge >= 0.3 is 0 Å². The second kappa shape index (κ2) is 13.7. The molecule has 2 heteroatoms. The van der Waals surface area contributed by atoms with Crippen molar-refractivity contribution in [2.75, 3.05) is 4.90 Å². The van der Waals surface area contributed by atoms with Crippen LogP contribution in [0.15, 0.2) is 212 Å². The highest BCUT2D eigenvalue weighted by Gasteiger charge is 2.19. The summed E-state index contributed by atoms with van der Waals surface area (Å²) in [5.41, 5.74) is 13.0. The number of hydrogen-bond acceptors (Lipinski definition) is 2. The standard InChI is InChI=1S/C52H35NS/c1-3-13-36(14-4-1)38-27-29-39(30-28-38)46-24-11-17-40-18-12-25-49(52(40)46)53(44-21-9-19-41(33-44)37-15-5-2-6-16-37)45-22-10-20-42(34-45)43-31-32-48-47-23-7-8-26-50(47)54-51(48)35-43/h1-35H. The van der Waals surface area contributed by atoms with Crippen LogP contribution in [0.4, 0.5) is 17.1 Å². The Hall–Kier alpha value is -6.74. The van der Waals surface area contributed by atoms with Crippen LogP contribution in [-0.4, -0.2) is 0 Å². The Labute approximate surface area is 319 Å². The molecule has 0 fully saturated rings. The summed E-state index contributed by atoms with van der Waals surface area (Å²) < 4.78 is 2.63. The molecule has 1 heterocycles. The van der Waals surface area contributed by atoms with Gasteiger partial charge in [0.15, 0.2) is 0 Å². The van der Waals surface area contributed by atoms with E-state index >= 15 is 0 Å². The second-order valence-electron chi connectivity index (χ2n) is 13.7. The first-order valence-corrected chi connectivity index (χ1v) is 19.2. The maximum Gasteiger partial charge on any atom is 0.0546 e. The van der Waals surface area contributed by atoms with E-state index < -0.39 is 0 Å². The van der Waals surface area contributed by atoms with Crippen LogP contribution >= 0.6 is 11.3 Å². The third kappa shape index (κ3) is 5.84. The molecule has 0 aliphatic heterocycles. The van der Waals surface area contributed by atoms with E-state index in [1.54, 1.807) is 0 Å². The average Bonchev–Trinajstić information content (AvgIpc) is 3.63. The van der Waals surface area contributed by atoms with Crippen molar-refractivity contribution in [3.05, 3.63) is 212 Å². The molecule has 0 aliphatic rings. The second-order valence-corrected chi connectivity index (χ2v) is 14.8. The highest BCUT2D eigenvalue weighted by molar-refractivity contribution is 7.25. The van der Waals surface area contributed by atoms with Crippen LogP contribution in [0, 0.1) is 0 Å². The van der Waals surface area contributed by atoms with E-state index in [-0.39, 0.29) is 0 Å². The fourth-order valence-corrected chi connectivity index (χ4v) is 8.98. The number of thiophene rings is 1. The highest BCUT2D eigenvalue weighted by atomic mass is 32.1. The molecule has 0 spiro atoms. The lowest BCUT2D eigenvalue weighted by Gasteiger charge is -2.28. The van der Waals surface area contributed by atoms with Crippen molar-refractivity contribution in [1.29, 1.82) is 0 Å². The minimum absolute atomic E-state index is 1.11. The molecule has 254 valence electrons. The van der Waals surface area contributed by atoms with Gasteiger partial charge in [0.25, 0.3) is 0 Å². The fraction of sp³-hybridized carbons (Fsp3) is 0. The molecule has 0 bridgehead atoms. The summed E-state index contributed by atoms with van der Waals surface area (Å²) in [6.45, 7) is 0. The van der Waals surface area contributed by atoms with Crippen LogP contribution < -0.4 is 4.90 Å². The van der Waals surface area contributed by atoms with E-state index in [2.05, 4.69) is 217 Å². The zero-order valence-electron chi connectivity index (χ0n) is 29.6. The largest absolute Gasteiger partial charge is 0.310 e. The Bertz CT molecular complexity index is 2920. The van der Waals surface area contributed by atoms with Crippen molar-refractivity contribution in [3.8, 4) is 44.5 Å². The number of rotatable bonds is 7. The molecular formula is C52H35NS. The number of nitrogens with zero attached hydrogens (tertiary/aromatic N) is 1.